The highest BCUT2D eigenvalue weighted by atomic mass is 16.4. The Hall–Kier alpha value is -1.10. The number of hydrogen-bond acceptors (Lipinski definition) is 3. The molecule has 1 aliphatic rings. The van der Waals surface area contributed by atoms with Crippen LogP contribution in [-0.4, -0.2) is 47.6 Å². The van der Waals surface area contributed by atoms with Gasteiger partial charge in [-0.05, 0) is 26.8 Å². The van der Waals surface area contributed by atoms with Crippen molar-refractivity contribution in [2.24, 2.45) is 5.92 Å². The number of nitrogens with zero attached hydrogens (tertiary/aromatic N) is 1. The van der Waals surface area contributed by atoms with E-state index >= 15 is 0 Å². The summed E-state index contributed by atoms with van der Waals surface area (Å²) >= 11 is 0. The number of rotatable bonds is 4. The van der Waals surface area contributed by atoms with E-state index in [2.05, 4.69) is 5.32 Å². The number of aliphatic carboxylic acids is 1. The first-order valence-electron chi connectivity index (χ1n) is 5.30. The SMILES string of the molecule is CCN(CC(=O)O)C(=O)C1CCNC1C. The fourth-order valence-electron chi connectivity index (χ4n) is 1.94. The summed E-state index contributed by atoms with van der Waals surface area (Å²) in [6.45, 7) is 4.85. The Kier molecular flexibility index (Phi) is 4.08. The molecule has 0 aliphatic carbocycles. The summed E-state index contributed by atoms with van der Waals surface area (Å²) in [6.07, 6.45) is 0.802. The van der Waals surface area contributed by atoms with Gasteiger partial charge in [-0.1, -0.05) is 0 Å². The number of likely N-dealkylation sites (N-methyl/N-ethyl adjacent to an activating group) is 1. The summed E-state index contributed by atoms with van der Waals surface area (Å²) in [5.41, 5.74) is 0. The van der Waals surface area contributed by atoms with E-state index in [9.17, 15) is 9.59 Å². The minimum atomic E-state index is -0.955. The lowest BCUT2D eigenvalue weighted by atomic mass is 10.0. The molecule has 5 heteroatoms. The molecule has 0 radical (unpaired) electrons. The van der Waals surface area contributed by atoms with E-state index in [1.54, 1.807) is 6.92 Å². The van der Waals surface area contributed by atoms with E-state index < -0.39 is 5.97 Å². The molecule has 2 atom stereocenters. The zero-order valence-corrected chi connectivity index (χ0v) is 9.19. The van der Waals surface area contributed by atoms with Gasteiger partial charge in [0.05, 0.1) is 5.92 Å². The van der Waals surface area contributed by atoms with Crippen molar-refractivity contribution in [2.45, 2.75) is 26.3 Å². The molecule has 1 rings (SSSR count). The van der Waals surface area contributed by atoms with Crippen molar-refractivity contribution in [3.05, 3.63) is 0 Å². The lowest BCUT2D eigenvalue weighted by Crippen LogP contribution is -2.42. The van der Waals surface area contributed by atoms with Crippen molar-refractivity contribution in [3.63, 3.8) is 0 Å². The maximum Gasteiger partial charge on any atom is 0.323 e. The van der Waals surface area contributed by atoms with Crippen LogP contribution in [0.2, 0.25) is 0 Å². The Morgan fingerprint density at radius 3 is 2.60 bits per heavy atom. The largest absolute Gasteiger partial charge is 0.480 e. The third-order valence-corrected chi connectivity index (χ3v) is 2.86. The number of carbonyl (C=O) groups is 2. The second-order valence-corrected chi connectivity index (χ2v) is 3.88. The van der Waals surface area contributed by atoms with Crippen molar-refractivity contribution in [3.8, 4) is 0 Å². The second-order valence-electron chi connectivity index (χ2n) is 3.88. The summed E-state index contributed by atoms with van der Waals surface area (Å²) in [5.74, 6) is -1.06. The number of carboxylic acids is 1. The van der Waals surface area contributed by atoms with Crippen molar-refractivity contribution in [1.29, 1.82) is 0 Å². The predicted octanol–water partition coefficient (Wildman–Crippen LogP) is -0.0825. The lowest BCUT2D eigenvalue weighted by Gasteiger charge is -2.24. The Balaban J connectivity index is 2.59. The van der Waals surface area contributed by atoms with Gasteiger partial charge >= 0.3 is 5.97 Å². The van der Waals surface area contributed by atoms with Gasteiger partial charge in [-0.25, -0.2) is 0 Å². The fourth-order valence-corrected chi connectivity index (χ4v) is 1.94. The second kappa shape index (κ2) is 5.11. The third kappa shape index (κ3) is 2.92. The van der Waals surface area contributed by atoms with Crippen LogP contribution in [0.4, 0.5) is 0 Å². The zero-order chi connectivity index (χ0) is 11.4. The predicted molar refractivity (Wildman–Crippen MR) is 55.5 cm³/mol. The minimum Gasteiger partial charge on any atom is -0.480 e. The van der Waals surface area contributed by atoms with E-state index in [-0.39, 0.29) is 24.4 Å². The number of carboxylic acid groups (broad SMARTS) is 1. The average molecular weight is 214 g/mol. The zero-order valence-electron chi connectivity index (χ0n) is 9.19. The van der Waals surface area contributed by atoms with Crippen LogP contribution in [0.25, 0.3) is 0 Å². The highest BCUT2D eigenvalue weighted by Gasteiger charge is 2.32. The van der Waals surface area contributed by atoms with Crippen LogP contribution >= 0.6 is 0 Å². The van der Waals surface area contributed by atoms with Gasteiger partial charge in [-0.15, -0.1) is 0 Å². The third-order valence-electron chi connectivity index (χ3n) is 2.86. The van der Waals surface area contributed by atoms with Gasteiger partial charge in [0, 0.05) is 12.6 Å². The van der Waals surface area contributed by atoms with Crippen LogP contribution in [-0.2, 0) is 9.59 Å². The van der Waals surface area contributed by atoms with E-state index in [0.29, 0.717) is 6.54 Å². The van der Waals surface area contributed by atoms with Crippen LogP contribution in [0.15, 0.2) is 0 Å². The Morgan fingerprint density at radius 1 is 1.53 bits per heavy atom. The van der Waals surface area contributed by atoms with E-state index in [1.807, 2.05) is 6.92 Å². The number of hydrogen-bond donors (Lipinski definition) is 2. The van der Waals surface area contributed by atoms with Crippen LogP contribution in [0.1, 0.15) is 20.3 Å². The number of carbonyl (C=O) groups excluding carboxylic acids is 1. The van der Waals surface area contributed by atoms with Gasteiger partial charge in [0.1, 0.15) is 6.54 Å². The van der Waals surface area contributed by atoms with E-state index in [1.165, 1.54) is 4.90 Å². The topological polar surface area (TPSA) is 69.6 Å². The summed E-state index contributed by atoms with van der Waals surface area (Å²) in [5, 5.41) is 11.9. The molecule has 0 saturated carbocycles. The lowest BCUT2D eigenvalue weighted by molar-refractivity contribution is -0.146. The van der Waals surface area contributed by atoms with Gasteiger partial charge in [0.2, 0.25) is 5.91 Å². The number of amides is 1. The maximum atomic E-state index is 11.9. The molecule has 0 bridgehead atoms. The maximum absolute atomic E-state index is 11.9. The molecule has 0 aromatic carbocycles. The smallest absolute Gasteiger partial charge is 0.323 e. The molecule has 1 amide bonds. The molecule has 1 aliphatic heterocycles. The standard InChI is InChI=1S/C10H18N2O3/c1-3-12(6-9(13)14)10(15)8-4-5-11-7(8)2/h7-8,11H,3-6H2,1-2H3,(H,13,14). The molecule has 1 fully saturated rings. The normalized spacial score (nSPS) is 25.2. The molecule has 86 valence electrons. The van der Waals surface area contributed by atoms with Gasteiger partial charge < -0.3 is 15.3 Å². The first kappa shape index (κ1) is 12.0. The van der Waals surface area contributed by atoms with Gasteiger partial charge in [0.25, 0.3) is 0 Å². The minimum absolute atomic E-state index is 0.0441. The first-order valence-corrected chi connectivity index (χ1v) is 5.30. The highest BCUT2D eigenvalue weighted by Crippen LogP contribution is 2.17. The molecular weight excluding hydrogens is 196 g/mol. The van der Waals surface area contributed by atoms with E-state index in [0.717, 1.165) is 13.0 Å². The fraction of sp³-hybridized carbons (Fsp3) is 0.800. The Morgan fingerprint density at radius 2 is 2.20 bits per heavy atom. The van der Waals surface area contributed by atoms with Crippen molar-refractivity contribution in [2.75, 3.05) is 19.6 Å². The molecule has 2 unspecified atom stereocenters. The molecule has 0 aromatic heterocycles. The molecule has 5 nitrogen and oxygen atoms in total. The Labute approximate surface area is 89.4 Å². The monoisotopic (exact) mass is 214 g/mol. The van der Waals surface area contributed by atoms with Crippen LogP contribution in [0, 0.1) is 5.92 Å². The first-order chi connectivity index (χ1) is 7.06. The van der Waals surface area contributed by atoms with Crippen molar-refractivity contribution >= 4 is 11.9 Å². The van der Waals surface area contributed by atoms with Gasteiger partial charge in [-0.3, -0.25) is 9.59 Å². The summed E-state index contributed by atoms with van der Waals surface area (Å²) in [4.78, 5) is 23.9. The quantitative estimate of drug-likeness (QED) is 0.686. The molecule has 15 heavy (non-hydrogen) atoms. The summed E-state index contributed by atoms with van der Waals surface area (Å²) in [7, 11) is 0. The van der Waals surface area contributed by atoms with Gasteiger partial charge in [-0.2, -0.15) is 0 Å². The van der Waals surface area contributed by atoms with E-state index in [4.69, 9.17) is 5.11 Å². The van der Waals surface area contributed by atoms with Crippen LogP contribution in [0.3, 0.4) is 0 Å². The summed E-state index contributed by atoms with van der Waals surface area (Å²) < 4.78 is 0. The highest BCUT2D eigenvalue weighted by molar-refractivity contribution is 5.83. The van der Waals surface area contributed by atoms with Crippen LogP contribution in [0.5, 0.6) is 0 Å². The number of nitrogens with one attached hydrogen (secondary N) is 1. The Bertz CT molecular complexity index is 255. The molecule has 2 N–H and O–H groups in total. The average Bonchev–Trinajstić information content (AvgIpc) is 2.59. The summed E-state index contributed by atoms with van der Waals surface area (Å²) in [6, 6.07) is 0.153. The molecule has 1 heterocycles. The van der Waals surface area contributed by atoms with Gasteiger partial charge in [0.15, 0.2) is 0 Å². The molecule has 0 spiro atoms. The van der Waals surface area contributed by atoms with Crippen molar-refractivity contribution < 1.29 is 14.7 Å². The van der Waals surface area contributed by atoms with Crippen molar-refractivity contribution in [1.82, 2.24) is 10.2 Å². The molecule has 0 aromatic rings. The van der Waals surface area contributed by atoms with Crippen LogP contribution < -0.4 is 5.32 Å². The molecule has 1 saturated heterocycles. The molecular formula is C10H18N2O3.